The number of hydrogen-bond acceptors (Lipinski definition) is 3. The van der Waals surface area contributed by atoms with E-state index >= 15 is 0 Å². The van der Waals surface area contributed by atoms with Gasteiger partial charge in [-0.3, -0.25) is 0 Å². The van der Waals surface area contributed by atoms with Crippen LogP contribution in [0.3, 0.4) is 0 Å². The fraction of sp³-hybridized carbons (Fsp3) is 0.188. The van der Waals surface area contributed by atoms with Gasteiger partial charge >= 0.3 is 0 Å². The van der Waals surface area contributed by atoms with Gasteiger partial charge < -0.3 is 10.4 Å². The number of aliphatic hydroxyl groups is 1. The molecule has 3 nitrogen and oxygen atoms in total. The van der Waals surface area contributed by atoms with Crippen LogP contribution in [0.2, 0.25) is 0 Å². The van der Waals surface area contributed by atoms with Gasteiger partial charge in [0.2, 0.25) is 0 Å². The predicted molar refractivity (Wildman–Crippen MR) is 74.1 cm³/mol. The van der Waals surface area contributed by atoms with Crippen molar-refractivity contribution in [2.24, 2.45) is 0 Å². The zero-order valence-corrected chi connectivity index (χ0v) is 10.6. The molecule has 3 heteroatoms. The van der Waals surface area contributed by atoms with Gasteiger partial charge in [0.25, 0.3) is 0 Å². The molecular weight excluding hydrogens is 236 g/mol. The largest absolute Gasteiger partial charge is 0.392 e. The predicted octanol–water partition coefficient (Wildman–Crippen LogP) is 2.34. The topological polar surface area (TPSA) is 56.0 Å². The second kappa shape index (κ2) is 6.69. The monoisotopic (exact) mass is 252 g/mol. The molecule has 0 unspecified atom stereocenters. The summed E-state index contributed by atoms with van der Waals surface area (Å²) >= 11 is 0. The van der Waals surface area contributed by atoms with Crippen molar-refractivity contribution in [3.8, 4) is 6.07 Å². The standard InChI is InChI=1S/C16H16N2O/c17-9-15-6-1-2-7-16(15)11-18-10-13-4-3-5-14(8-13)12-19/h1-8,18-19H,10-12H2. The Labute approximate surface area is 113 Å². The summed E-state index contributed by atoms with van der Waals surface area (Å²) in [7, 11) is 0. The second-order valence-electron chi connectivity index (χ2n) is 4.35. The highest BCUT2D eigenvalue weighted by atomic mass is 16.3. The van der Waals surface area contributed by atoms with E-state index in [1.807, 2.05) is 48.5 Å². The Morgan fingerprint density at radius 2 is 1.79 bits per heavy atom. The van der Waals surface area contributed by atoms with Crippen LogP contribution in [0.5, 0.6) is 0 Å². The van der Waals surface area contributed by atoms with Crippen molar-refractivity contribution in [1.82, 2.24) is 5.32 Å². The molecule has 2 aromatic carbocycles. The normalized spacial score (nSPS) is 10.1. The third-order valence-corrected chi connectivity index (χ3v) is 2.96. The van der Waals surface area contributed by atoms with Crippen LogP contribution >= 0.6 is 0 Å². The molecule has 0 heterocycles. The quantitative estimate of drug-likeness (QED) is 0.858. The summed E-state index contributed by atoms with van der Waals surface area (Å²) in [6, 6.07) is 17.6. The fourth-order valence-electron chi connectivity index (χ4n) is 1.96. The molecule has 0 bridgehead atoms. The summed E-state index contributed by atoms with van der Waals surface area (Å²) in [5.41, 5.74) is 3.75. The van der Waals surface area contributed by atoms with Gasteiger partial charge in [0.05, 0.1) is 18.2 Å². The molecule has 0 atom stereocenters. The van der Waals surface area contributed by atoms with E-state index in [-0.39, 0.29) is 6.61 Å². The average Bonchev–Trinajstić information content (AvgIpc) is 2.48. The van der Waals surface area contributed by atoms with E-state index in [4.69, 9.17) is 10.4 Å². The number of nitrogens with one attached hydrogen (secondary N) is 1. The minimum absolute atomic E-state index is 0.0606. The highest BCUT2D eigenvalue weighted by Gasteiger charge is 2.00. The second-order valence-corrected chi connectivity index (χ2v) is 4.35. The number of nitriles is 1. The van der Waals surface area contributed by atoms with Crippen LogP contribution in [0.1, 0.15) is 22.3 Å². The van der Waals surface area contributed by atoms with E-state index in [0.29, 0.717) is 18.7 Å². The zero-order valence-electron chi connectivity index (χ0n) is 10.6. The Kier molecular flexibility index (Phi) is 4.68. The van der Waals surface area contributed by atoms with Gasteiger partial charge in [0.15, 0.2) is 0 Å². The van der Waals surface area contributed by atoms with Gasteiger partial charge in [-0.05, 0) is 22.8 Å². The third kappa shape index (κ3) is 3.65. The molecular formula is C16H16N2O. The van der Waals surface area contributed by atoms with Crippen molar-refractivity contribution in [3.05, 3.63) is 70.8 Å². The van der Waals surface area contributed by atoms with Crippen molar-refractivity contribution in [1.29, 1.82) is 5.26 Å². The Bertz CT molecular complexity index is 587. The molecule has 0 saturated heterocycles. The van der Waals surface area contributed by atoms with E-state index in [1.165, 1.54) is 0 Å². The van der Waals surface area contributed by atoms with Crippen molar-refractivity contribution in [2.45, 2.75) is 19.7 Å². The fourth-order valence-corrected chi connectivity index (χ4v) is 1.96. The van der Waals surface area contributed by atoms with Gasteiger partial charge in [-0.15, -0.1) is 0 Å². The molecule has 0 amide bonds. The van der Waals surface area contributed by atoms with E-state index in [9.17, 15) is 0 Å². The van der Waals surface area contributed by atoms with Gasteiger partial charge in [-0.1, -0.05) is 42.5 Å². The zero-order chi connectivity index (χ0) is 13.5. The molecule has 0 radical (unpaired) electrons. The number of nitrogens with zero attached hydrogens (tertiary/aromatic N) is 1. The molecule has 0 aromatic heterocycles. The first-order chi connectivity index (χ1) is 9.33. The average molecular weight is 252 g/mol. The van der Waals surface area contributed by atoms with Crippen LogP contribution in [0, 0.1) is 11.3 Å². The maximum Gasteiger partial charge on any atom is 0.0995 e. The van der Waals surface area contributed by atoms with Gasteiger partial charge in [-0.25, -0.2) is 0 Å². The summed E-state index contributed by atoms with van der Waals surface area (Å²) in [4.78, 5) is 0. The minimum atomic E-state index is 0.0606. The molecule has 0 aliphatic carbocycles. The molecule has 0 fully saturated rings. The van der Waals surface area contributed by atoms with Crippen LogP contribution in [-0.4, -0.2) is 5.11 Å². The van der Waals surface area contributed by atoms with E-state index in [2.05, 4.69) is 11.4 Å². The molecule has 0 aliphatic rings. The maximum absolute atomic E-state index is 9.08. The Morgan fingerprint density at radius 3 is 2.58 bits per heavy atom. The lowest BCUT2D eigenvalue weighted by atomic mass is 10.1. The van der Waals surface area contributed by atoms with E-state index in [0.717, 1.165) is 16.7 Å². The van der Waals surface area contributed by atoms with Crippen LogP contribution in [0.15, 0.2) is 48.5 Å². The van der Waals surface area contributed by atoms with E-state index in [1.54, 1.807) is 0 Å². The first-order valence-corrected chi connectivity index (χ1v) is 6.21. The summed E-state index contributed by atoms with van der Waals surface area (Å²) in [5.74, 6) is 0. The van der Waals surface area contributed by atoms with Gasteiger partial charge in [0.1, 0.15) is 0 Å². The highest BCUT2D eigenvalue weighted by molar-refractivity contribution is 5.37. The van der Waals surface area contributed by atoms with Crippen LogP contribution in [0.4, 0.5) is 0 Å². The van der Waals surface area contributed by atoms with Gasteiger partial charge in [0, 0.05) is 13.1 Å². The first kappa shape index (κ1) is 13.3. The van der Waals surface area contributed by atoms with Crippen molar-refractivity contribution in [3.63, 3.8) is 0 Å². The lowest BCUT2D eigenvalue weighted by Crippen LogP contribution is -2.13. The number of aliphatic hydroxyl groups excluding tert-OH is 1. The van der Waals surface area contributed by atoms with Crippen LogP contribution < -0.4 is 5.32 Å². The number of rotatable bonds is 5. The summed E-state index contributed by atoms with van der Waals surface area (Å²) < 4.78 is 0. The van der Waals surface area contributed by atoms with Gasteiger partial charge in [-0.2, -0.15) is 5.26 Å². The molecule has 0 saturated carbocycles. The summed E-state index contributed by atoms with van der Waals surface area (Å²) in [6.07, 6.45) is 0. The third-order valence-electron chi connectivity index (χ3n) is 2.96. The smallest absolute Gasteiger partial charge is 0.0995 e. The number of benzene rings is 2. The molecule has 2 aromatic rings. The SMILES string of the molecule is N#Cc1ccccc1CNCc1cccc(CO)c1. The lowest BCUT2D eigenvalue weighted by Gasteiger charge is -2.07. The maximum atomic E-state index is 9.08. The Hall–Kier alpha value is -2.15. The molecule has 2 rings (SSSR count). The molecule has 2 N–H and O–H groups in total. The molecule has 0 aliphatic heterocycles. The van der Waals surface area contributed by atoms with E-state index < -0.39 is 0 Å². The lowest BCUT2D eigenvalue weighted by molar-refractivity contribution is 0.281. The van der Waals surface area contributed by atoms with Crippen molar-refractivity contribution in [2.75, 3.05) is 0 Å². The van der Waals surface area contributed by atoms with Crippen LogP contribution in [-0.2, 0) is 19.7 Å². The first-order valence-electron chi connectivity index (χ1n) is 6.21. The number of hydrogen-bond donors (Lipinski definition) is 2. The summed E-state index contributed by atoms with van der Waals surface area (Å²) in [6.45, 7) is 1.44. The minimum Gasteiger partial charge on any atom is -0.392 e. The van der Waals surface area contributed by atoms with Crippen molar-refractivity contribution < 1.29 is 5.11 Å². The summed E-state index contributed by atoms with van der Waals surface area (Å²) in [5, 5.41) is 21.4. The highest BCUT2D eigenvalue weighted by Crippen LogP contribution is 2.08. The van der Waals surface area contributed by atoms with Crippen LogP contribution in [0.25, 0.3) is 0 Å². The Balaban J connectivity index is 1.94. The molecule has 19 heavy (non-hydrogen) atoms. The molecule has 0 spiro atoms. The van der Waals surface area contributed by atoms with Crippen molar-refractivity contribution >= 4 is 0 Å². The molecule has 96 valence electrons. The Morgan fingerprint density at radius 1 is 1.00 bits per heavy atom.